The van der Waals surface area contributed by atoms with Crippen LogP contribution in [0.4, 0.5) is 0 Å². The number of hydrogen-bond acceptors (Lipinski definition) is 6. The van der Waals surface area contributed by atoms with Gasteiger partial charge in [-0.05, 0) is 37.6 Å². The second kappa shape index (κ2) is 11.0. The van der Waals surface area contributed by atoms with E-state index in [1.165, 1.54) is 0 Å². The molecule has 4 N–H and O–H groups in total. The van der Waals surface area contributed by atoms with Gasteiger partial charge in [0.25, 0.3) is 0 Å². The number of aliphatic hydroxyl groups excluding tert-OH is 2. The van der Waals surface area contributed by atoms with Crippen LogP contribution >= 0.6 is 15.9 Å². The molecule has 0 aliphatic carbocycles. The Morgan fingerprint density at radius 1 is 1.32 bits per heavy atom. The summed E-state index contributed by atoms with van der Waals surface area (Å²) in [5, 5.41) is 34.3. The summed E-state index contributed by atoms with van der Waals surface area (Å²) in [5.41, 5.74) is 0. The smallest absolute Gasteiger partial charge is 0.414 e. The van der Waals surface area contributed by atoms with Gasteiger partial charge in [-0.2, -0.15) is 0 Å². The van der Waals surface area contributed by atoms with Gasteiger partial charge in [0.05, 0.1) is 6.10 Å². The molecule has 0 aromatic heterocycles. The van der Waals surface area contributed by atoms with Crippen LogP contribution in [0.3, 0.4) is 0 Å². The summed E-state index contributed by atoms with van der Waals surface area (Å²) in [6.45, 7) is 2.40. The molecule has 1 aliphatic rings. The Labute approximate surface area is 153 Å². The van der Waals surface area contributed by atoms with Crippen LogP contribution in [0.5, 0.6) is 5.75 Å². The zero-order chi connectivity index (χ0) is 18.8. The summed E-state index contributed by atoms with van der Waals surface area (Å²) in [5.74, 6) is -2.91. The molecular weight excluding hydrogens is 398 g/mol. The van der Waals surface area contributed by atoms with Crippen molar-refractivity contribution in [3.05, 3.63) is 28.7 Å². The van der Waals surface area contributed by atoms with Crippen molar-refractivity contribution in [2.45, 2.75) is 25.0 Å². The maximum atomic E-state index is 9.96. The number of rotatable bonds is 5. The van der Waals surface area contributed by atoms with Crippen LogP contribution in [0.1, 0.15) is 12.8 Å². The molecule has 0 radical (unpaired) electrons. The van der Waals surface area contributed by atoms with Crippen LogP contribution in [0.2, 0.25) is 0 Å². The topological polar surface area (TPSA) is 128 Å². The minimum atomic E-state index is -1.82. The van der Waals surface area contributed by atoms with E-state index in [9.17, 15) is 10.2 Å². The molecule has 0 spiro atoms. The molecule has 1 heterocycles. The van der Waals surface area contributed by atoms with E-state index in [0.717, 1.165) is 29.6 Å². The molecular formula is C16H22BrNO7. The molecule has 140 valence electrons. The van der Waals surface area contributed by atoms with Crippen LogP contribution < -0.4 is 4.74 Å². The molecule has 0 saturated carbocycles. The average molecular weight is 420 g/mol. The fourth-order valence-electron chi connectivity index (χ4n) is 2.30. The molecule has 0 bridgehead atoms. The Balaban J connectivity index is 0.000000450. The highest BCUT2D eigenvalue weighted by atomic mass is 79.9. The first kappa shape index (κ1) is 21.4. The molecule has 25 heavy (non-hydrogen) atoms. The van der Waals surface area contributed by atoms with Crippen molar-refractivity contribution in [2.24, 2.45) is 0 Å². The fraction of sp³-hybridized carbons (Fsp3) is 0.500. The van der Waals surface area contributed by atoms with E-state index in [0.29, 0.717) is 13.1 Å². The second-order valence-electron chi connectivity index (χ2n) is 5.59. The molecule has 1 saturated heterocycles. The van der Waals surface area contributed by atoms with E-state index in [1.807, 2.05) is 24.3 Å². The lowest BCUT2D eigenvalue weighted by Gasteiger charge is -2.31. The number of hydrogen-bond donors (Lipinski definition) is 4. The van der Waals surface area contributed by atoms with Gasteiger partial charge in [0, 0.05) is 17.6 Å². The quantitative estimate of drug-likeness (QED) is 0.516. The number of likely N-dealkylation sites (tertiary alicyclic amines) is 1. The van der Waals surface area contributed by atoms with Crippen molar-refractivity contribution < 1.29 is 34.8 Å². The zero-order valence-corrected chi connectivity index (χ0v) is 15.1. The van der Waals surface area contributed by atoms with Gasteiger partial charge in [0.15, 0.2) is 0 Å². The first-order valence-electron chi connectivity index (χ1n) is 7.71. The number of halogens is 1. The van der Waals surface area contributed by atoms with Crippen molar-refractivity contribution in [1.29, 1.82) is 0 Å². The summed E-state index contributed by atoms with van der Waals surface area (Å²) in [6, 6.07) is 7.56. The van der Waals surface area contributed by atoms with Crippen molar-refractivity contribution in [3.63, 3.8) is 0 Å². The number of carbonyl (C=O) groups is 2. The number of aliphatic hydroxyl groups is 2. The Kier molecular flexibility index (Phi) is 9.43. The van der Waals surface area contributed by atoms with Crippen LogP contribution in [0.15, 0.2) is 28.7 Å². The molecule has 1 aliphatic heterocycles. The summed E-state index contributed by atoms with van der Waals surface area (Å²) in [4.78, 5) is 20.3. The van der Waals surface area contributed by atoms with E-state index in [-0.39, 0.29) is 12.7 Å². The van der Waals surface area contributed by atoms with Crippen molar-refractivity contribution >= 4 is 27.9 Å². The monoisotopic (exact) mass is 419 g/mol. The summed E-state index contributed by atoms with van der Waals surface area (Å²) in [7, 11) is 0. The lowest BCUT2D eigenvalue weighted by Crippen LogP contribution is -2.43. The van der Waals surface area contributed by atoms with Crippen molar-refractivity contribution in [3.8, 4) is 5.75 Å². The number of β-amino-alcohol motifs (C(OH)–C–C–N with tert-alkyl or cyclic N) is 2. The van der Waals surface area contributed by atoms with Gasteiger partial charge in [-0.15, -0.1) is 0 Å². The number of ether oxygens (including phenoxy) is 1. The number of benzene rings is 1. The first-order valence-corrected chi connectivity index (χ1v) is 8.50. The minimum absolute atomic E-state index is 0.257. The zero-order valence-electron chi connectivity index (χ0n) is 13.5. The Morgan fingerprint density at radius 3 is 2.56 bits per heavy atom. The second-order valence-corrected chi connectivity index (χ2v) is 6.50. The largest absolute Gasteiger partial charge is 0.491 e. The highest BCUT2D eigenvalue weighted by Crippen LogP contribution is 2.18. The van der Waals surface area contributed by atoms with E-state index in [1.54, 1.807) is 0 Å². The third kappa shape index (κ3) is 9.40. The Bertz CT molecular complexity index is 557. The van der Waals surface area contributed by atoms with Crippen LogP contribution in [0, 0.1) is 0 Å². The maximum Gasteiger partial charge on any atom is 0.414 e. The molecule has 2 unspecified atom stereocenters. The molecule has 8 nitrogen and oxygen atoms in total. The number of nitrogens with zero attached hydrogens (tertiary/aromatic N) is 1. The van der Waals surface area contributed by atoms with Gasteiger partial charge in [-0.1, -0.05) is 22.0 Å². The molecule has 1 aromatic rings. The van der Waals surface area contributed by atoms with E-state index >= 15 is 0 Å². The van der Waals surface area contributed by atoms with Gasteiger partial charge >= 0.3 is 11.9 Å². The highest BCUT2D eigenvalue weighted by molar-refractivity contribution is 9.10. The van der Waals surface area contributed by atoms with E-state index < -0.39 is 18.0 Å². The van der Waals surface area contributed by atoms with Gasteiger partial charge in [0.2, 0.25) is 0 Å². The predicted octanol–water partition coefficient (Wildman–Crippen LogP) is 0.801. The summed E-state index contributed by atoms with van der Waals surface area (Å²) >= 11 is 3.38. The standard InChI is InChI=1S/C14H20BrNO3.C2H2O4/c15-11-3-1-5-14(7-11)19-10-13(18)9-16-6-2-4-12(17)8-16;3-1(4)2(5)6/h1,3,5,7,12-13,17-18H,2,4,6,8-10H2;(H,3,4)(H,5,6). The normalized spacial score (nSPS) is 18.6. The molecule has 1 fully saturated rings. The molecule has 1 aromatic carbocycles. The molecule has 9 heteroatoms. The summed E-state index contributed by atoms with van der Waals surface area (Å²) in [6.07, 6.45) is 1.05. The van der Waals surface area contributed by atoms with Gasteiger partial charge in [-0.25, -0.2) is 9.59 Å². The first-order chi connectivity index (χ1) is 11.8. The van der Waals surface area contributed by atoms with E-state index in [4.69, 9.17) is 24.5 Å². The van der Waals surface area contributed by atoms with Crippen LogP contribution in [0.25, 0.3) is 0 Å². The van der Waals surface area contributed by atoms with Crippen molar-refractivity contribution in [2.75, 3.05) is 26.2 Å². The number of carboxylic acids is 2. The third-order valence-electron chi connectivity index (χ3n) is 3.37. The fourth-order valence-corrected chi connectivity index (χ4v) is 2.68. The SMILES string of the molecule is O=C(O)C(=O)O.OC1CCCN(CC(O)COc2cccc(Br)c2)C1. The number of carboxylic acid groups (broad SMARTS) is 2. The van der Waals surface area contributed by atoms with Gasteiger partial charge < -0.3 is 25.2 Å². The third-order valence-corrected chi connectivity index (χ3v) is 3.86. The average Bonchev–Trinajstić information content (AvgIpc) is 2.53. The minimum Gasteiger partial charge on any atom is -0.491 e. The predicted molar refractivity (Wildman–Crippen MR) is 92.6 cm³/mol. The summed E-state index contributed by atoms with van der Waals surface area (Å²) < 4.78 is 6.50. The lowest BCUT2D eigenvalue weighted by atomic mass is 10.1. The Morgan fingerprint density at radius 2 is 2.00 bits per heavy atom. The highest BCUT2D eigenvalue weighted by Gasteiger charge is 2.20. The molecule has 0 amide bonds. The van der Waals surface area contributed by atoms with Gasteiger partial charge in [-0.3, -0.25) is 4.90 Å². The Hall–Kier alpha value is -1.68. The maximum absolute atomic E-state index is 9.96. The van der Waals surface area contributed by atoms with Crippen LogP contribution in [-0.4, -0.2) is 75.7 Å². The van der Waals surface area contributed by atoms with Gasteiger partial charge in [0.1, 0.15) is 18.5 Å². The van der Waals surface area contributed by atoms with Crippen LogP contribution in [-0.2, 0) is 9.59 Å². The van der Waals surface area contributed by atoms with Crippen molar-refractivity contribution in [1.82, 2.24) is 4.90 Å². The lowest BCUT2D eigenvalue weighted by molar-refractivity contribution is -0.159. The number of piperidine rings is 1. The molecule has 2 rings (SSSR count). The number of aliphatic carboxylic acids is 2. The molecule has 2 atom stereocenters. The van der Waals surface area contributed by atoms with E-state index in [2.05, 4.69) is 20.8 Å².